The van der Waals surface area contributed by atoms with Crippen LogP contribution < -0.4 is 5.32 Å². The van der Waals surface area contributed by atoms with Crippen LogP contribution in [0.5, 0.6) is 5.75 Å². The topological polar surface area (TPSA) is 83.5 Å². The molecule has 2 N–H and O–H groups in total. The van der Waals surface area contributed by atoms with Gasteiger partial charge in [-0.3, -0.25) is 4.79 Å². The van der Waals surface area contributed by atoms with E-state index in [0.29, 0.717) is 5.69 Å². The number of nitrogens with one attached hydrogen (secondary N) is 1. The minimum Gasteiger partial charge on any atom is -0.506 e. The minimum atomic E-state index is -3.04. The molecule has 0 spiro atoms. The fraction of sp³-hybridized carbons (Fsp3) is 0.417. The Balaban J connectivity index is 2.52. The number of phenols is 1. The summed E-state index contributed by atoms with van der Waals surface area (Å²) in [5, 5.41) is 12.1. The number of amides is 1. The van der Waals surface area contributed by atoms with Crippen LogP contribution in [-0.4, -0.2) is 31.4 Å². The van der Waals surface area contributed by atoms with Crippen molar-refractivity contribution in [2.45, 2.75) is 19.8 Å². The van der Waals surface area contributed by atoms with Crippen LogP contribution in [0.4, 0.5) is 5.69 Å². The number of aryl methyl sites for hydroxylation is 1. The quantitative estimate of drug-likeness (QED) is 0.794. The van der Waals surface area contributed by atoms with Gasteiger partial charge in [-0.2, -0.15) is 0 Å². The van der Waals surface area contributed by atoms with Crippen molar-refractivity contribution in [3.05, 3.63) is 23.8 Å². The molecule has 0 unspecified atom stereocenters. The summed E-state index contributed by atoms with van der Waals surface area (Å²) in [6, 6.07) is 4.89. The molecule has 0 aromatic heterocycles. The smallest absolute Gasteiger partial charge is 0.224 e. The van der Waals surface area contributed by atoms with Crippen molar-refractivity contribution in [3.63, 3.8) is 0 Å². The lowest BCUT2D eigenvalue weighted by molar-refractivity contribution is -0.116. The highest BCUT2D eigenvalue weighted by Gasteiger charge is 2.08. The molecule has 0 aliphatic rings. The monoisotopic (exact) mass is 271 g/mol. The molecule has 1 rings (SSSR count). The Kier molecular flexibility index (Phi) is 4.72. The molecular formula is C12H17NO4S. The number of phenolic OH excluding ortho intramolecular Hbond substituents is 1. The van der Waals surface area contributed by atoms with Crippen molar-refractivity contribution in [1.82, 2.24) is 0 Å². The molecule has 1 aromatic rings. The van der Waals surface area contributed by atoms with E-state index < -0.39 is 9.84 Å². The number of rotatable bonds is 5. The molecule has 6 heteroatoms. The average Bonchev–Trinajstić information content (AvgIpc) is 2.21. The van der Waals surface area contributed by atoms with Crippen molar-refractivity contribution in [2.75, 3.05) is 17.3 Å². The van der Waals surface area contributed by atoms with Crippen LogP contribution >= 0.6 is 0 Å². The molecular weight excluding hydrogens is 254 g/mol. The van der Waals surface area contributed by atoms with Crippen molar-refractivity contribution in [2.24, 2.45) is 0 Å². The maximum absolute atomic E-state index is 11.5. The second-order valence-corrected chi connectivity index (χ2v) is 6.56. The van der Waals surface area contributed by atoms with Crippen LogP contribution in [0, 0.1) is 6.92 Å². The summed E-state index contributed by atoms with van der Waals surface area (Å²) in [6.45, 7) is 1.85. The summed E-state index contributed by atoms with van der Waals surface area (Å²) in [5.41, 5.74) is 1.26. The molecule has 5 nitrogen and oxygen atoms in total. The van der Waals surface area contributed by atoms with E-state index in [2.05, 4.69) is 5.32 Å². The first-order chi connectivity index (χ1) is 8.28. The van der Waals surface area contributed by atoms with E-state index in [1.165, 1.54) is 6.07 Å². The second-order valence-electron chi connectivity index (χ2n) is 4.30. The summed E-state index contributed by atoms with van der Waals surface area (Å²) < 4.78 is 21.8. The Labute approximate surface area is 107 Å². The molecule has 1 aromatic carbocycles. The highest BCUT2D eigenvalue weighted by Crippen LogP contribution is 2.23. The standard InChI is InChI=1S/C12H17NO4S/c1-9-5-6-11(14)10(8-9)13-12(15)4-3-7-18(2,16)17/h5-6,8,14H,3-4,7H2,1-2H3,(H,13,15). The lowest BCUT2D eigenvalue weighted by Crippen LogP contribution is -2.13. The first kappa shape index (κ1) is 14.5. The summed E-state index contributed by atoms with van der Waals surface area (Å²) in [6.07, 6.45) is 1.52. The fourth-order valence-corrected chi connectivity index (χ4v) is 2.13. The summed E-state index contributed by atoms with van der Waals surface area (Å²) in [7, 11) is -3.04. The molecule has 0 radical (unpaired) electrons. The van der Waals surface area contributed by atoms with Crippen molar-refractivity contribution < 1.29 is 18.3 Å². The summed E-state index contributed by atoms with van der Waals surface area (Å²) >= 11 is 0. The zero-order chi connectivity index (χ0) is 13.8. The van der Waals surface area contributed by atoms with Gasteiger partial charge in [0.2, 0.25) is 5.91 Å². The van der Waals surface area contributed by atoms with E-state index >= 15 is 0 Å². The third kappa shape index (κ3) is 5.18. The van der Waals surface area contributed by atoms with Crippen molar-refractivity contribution in [3.8, 4) is 5.75 Å². The maximum Gasteiger partial charge on any atom is 0.224 e. The fourth-order valence-electron chi connectivity index (χ4n) is 1.46. The number of hydrogen-bond donors (Lipinski definition) is 2. The first-order valence-electron chi connectivity index (χ1n) is 5.55. The van der Waals surface area contributed by atoms with E-state index in [9.17, 15) is 18.3 Å². The number of carbonyl (C=O) groups is 1. The van der Waals surface area contributed by atoms with Gasteiger partial charge >= 0.3 is 0 Å². The molecule has 0 aliphatic heterocycles. The lowest BCUT2D eigenvalue weighted by atomic mass is 10.2. The normalized spacial score (nSPS) is 11.2. The number of hydrogen-bond acceptors (Lipinski definition) is 4. The molecule has 0 fully saturated rings. The van der Waals surface area contributed by atoms with E-state index in [1.807, 2.05) is 6.92 Å². The molecule has 0 atom stereocenters. The van der Waals surface area contributed by atoms with Crippen LogP contribution in [-0.2, 0) is 14.6 Å². The molecule has 18 heavy (non-hydrogen) atoms. The average molecular weight is 271 g/mol. The van der Waals surface area contributed by atoms with Gasteiger partial charge in [-0.25, -0.2) is 8.42 Å². The number of benzene rings is 1. The number of anilines is 1. The van der Waals surface area contributed by atoms with E-state index in [-0.39, 0.29) is 30.3 Å². The molecule has 0 saturated heterocycles. The van der Waals surface area contributed by atoms with Gasteiger partial charge in [0.15, 0.2) is 0 Å². The number of carbonyl (C=O) groups excluding carboxylic acids is 1. The third-order valence-corrected chi connectivity index (χ3v) is 3.38. The summed E-state index contributed by atoms with van der Waals surface area (Å²) in [4.78, 5) is 11.5. The van der Waals surface area contributed by atoms with Gasteiger partial charge in [-0.05, 0) is 31.0 Å². The van der Waals surface area contributed by atoms with Gasteiger partial charge in [-0.1, -0.05) is 6.07 Å². The Morgan fingerprint density at radius 3 is 2.67 bits per heavy atom. The largest absolute Gasteiger partial charge is 0.506 e. The van der Waals surface area contributed by atoms with Gasteiger partial charge in [0.05, 0.1) is 11.4 Å². The first-order valence-corrected chi connectivity index (χ1v) is 7.61. The van der Waals surface area contributed by atoms with Gasteiger partial charge in [0.25, 0.3) is 0 Å². The zero-order valence-corrected chi connectivity index (χ0v) is 11.3. The van der Waals surface area contributed by atoms with E-state index in [1.54, 1.807) is 12.1 Å². The third-order valence-electron chi connectivity index (χ3n) is 2.35. The van der Waals surface area contributed by atoms with Gasteiger partial charge in [0.1, 0.15) is 15.6 Å². The van der Waals surface area contributed by atoms with Gasteiger partial charge in [-0.15, -0.1) is 0 Å². The highest BCUT2D eigenvalue weighted by atomic mass is 32.2. The second kappa shape index (κ2) is 5.86. The van der Waals surface area contributed by atoms with Crippen LogP contribution in [0.1, 0.15) is 18.4 Å². The predicted octanol–water partition coefficient (Wildman–Crippen LogP) is 1.46. The molecule has 100 valence electrons. The minimum absolute atomic E-state index is 0.00272. The SMILES string of the molecule is Cc1ccc(O)c(NC(=O)CCCS(C)(=O)=O)c1. The molecule has 0 aliphatic carbocycles. The Morgan fingerprint density at radius 2 is 2.06 bits per heavy atom. The molecule has 0 heterocycles. The van der Waals surface area contributed by atoms with Crippen LogP contribution in [0.2, 0.25) is 0 Å². The lowest BCUT2D eigenvalue weighted by Gasteiger charge is -2.07. The highest BCUT2D eigenvalue weighted by molar-refractivity contribution is 7.90. The molecule has 0 saturated carbocycles. The molecule has 0 bridgehead atoms. The van der Waals surface area contributed by atoms with Crippen LogP contribution in [0.3, 0.4) is 0 Å². The summed E-state index contributed by atoms with van der Waals surface area (Å²) in [5.74, 6) is -0.322. The Hall–Kier alpha value is -1.56. The molecule has 1 amide bonds. The van der Waals surface area contributed by atoms with Crippen molar-refractivity contribution >= 4 is 21.4 Å². The van der Waals surface area contributed by atoms with Gasteiger partial charge < -0.3 is 10.4 Å². The maximum atomic E-state index is 11.5. The predicted molar refractivity (Wildman–Crippen MR) is 70.4 cm³/mol. The number of sulfone groups is 1. The zero-order valence-electron chi connectivity index (χ0n) is 10.4. The van der Waals surface area contributed by atoms with Crippen LogP contribution in [0.15, 0.2) is 18.2 Å². The van der Waals surface area contributed by atoms with E-state index in [4.69, 9.17) is 0 Å². The Bertz CT molecular complexity index is 537. The Morgan fingerprint density at radius 1 is 1.39 bits per heavy atom. The van der Waals surface area contributed by atoms with E-state index in [0.717, 1.165) is 11.8 Å². The van der Waals surface area contributed by atoms with Crippen LogP contribution in [0.25, 0.3) is 0 Å². The van der Waals surface area contributed by atoms with Crippen molar-refractivity contribution in [1.29, 1.82) is 0 Å². The van der Waals surface area contributed by atoms with Gasteiger partial charge in [0, 0.05) is 12.7 Å². The number of aromatic hydroxyl groups is 1.